The normalized spacial score (nSPS) is 11.3. The molecule has 0 atom stereocenters. The first-order valence-corrected chi connectivity index (χ1v) is 11.0. The molecule has 11 heteroatoms. The molecule has 37 heavy (non-hydrogen) atoms. The molecule has 0 amide bonds. The Morgan fingerprint density at radius 3 is 2.70 bits per heavy atom. The van der Waals surface area contributed by atoms with E-state index >= 15 is 0 Å². The average Bonchev–Trinajstić information content (AvgIpc) is 3.35. The van der Waals surface area contributed by atoms with Gasteiger partial charge in [0.1, 0.15) is 11.3 Å². The number of aromatic nitrogens is 2. The van der Waals surface area contributed by atoms with Crippen LogP contribution in [-0.2, 0) is 9.53 Å². The second-order valence-electron chi connectivity index (χ2n) is 7.81. The third-order valence-electron chi connectivity index (χ3n) is 5.49. The Kier molecular flexibility index (Phi) is 6.17. The number of benzene rings is 3. The molecule has 5 rings (SSSR count). The van der Waals surface area contributed by atoms with E-state index in [1.165, 1.54) is 31.5 Å². The van der Waals surface area contributed by atoms with E-state index in [1.54, 1.807) is 36.4 Å². The van der Waals surface area contributed by atoms with E-state index in [4.69, 9.17) is 9.15 Å². The molecule has 0 spiro atoms. The Morgan fingerprint density at radius 1 is 1.14 bits per heavy atom. The van der Waals surface area contributed by atoms with Crippen molar-refractivity contribution in [3.8, 4) is 17.3 Å². The van der Waals surface area contributed by atoms with Crippen molar-refractivity contribution in [3.05, 3.63) is 98.8 Å². The van der Waals surface area contributed by atoms with E-state index in [2.05, 4.69) is 14.8 Å². The van der Waals surface area contributed by atoms with Crippen molar-refractivity contribution in [2.75, 3.05) is 13.7 Å². The Bertz CT molecular complexity index is 1720. The number of carbonyl (C=O) groups is 1. The zero-order valence-corrected chi connectivity index (χ0v) is 19.4. The molecule has 3 aromatic carbocycles. The second kappa shape index (κ2) is 9.74. The lowest BCUT2D eigenvalue weighted by molar-refractivity contribution is -0.384. The first-order valence-electron chi connectivity index (χ1n) is 11.0. The molecule has 0 unspecified atom stereocenters. The lowest BCUT2D eigenvalue weighted by Gasteiger charge is -2.09. The molecule has 0 saturated carbocycles. The molecule has 5 aromatic rings. The summed E-state index contributed by atoms with van der Waals surface area (Å²) in [6, 6.07) is 19.7. The summed E-state index contributed by atoms with van der Waals surface area (Å²) in [6.07, 6.45) is 1.23. The first-order chi connectivity index (χ1) is 17.9. The fourth-order valence-corrected chi connectivity index (χ4v) is 3.68. The van der Waals surface area contributed by atoms with Crippen LogP contribution < -0.4 is 10.3 Å². The average molecular weight is 498 g/mol. The molecule has 0 aliphatic rings. The molecule has 0 fully saturated rings. The molecule has 0 saturated heterocycles. The third-order valence-corrected chi connectivity index (χ3v) is 5.49. The van der Waals surface area contributed by atoms with Crippen LogP contribution in [0.25, 0.3) is 33.5 Å². The van der Waals surface area contributed by atoms with Crippen molar-refractivity contribution in [1.29, 1.82) is 0 Å². The third kappa shape index (κ3) is 4.65. The highest BCUT2D eigenvalue weighted by molar-refractivity contribution is 5.86. The molecule has 2 heterocycles. The van der Waals surface area contributed by atoms with Gasteiger partial charge < -0.3 is 13.9 Å². The predicted octanol–water partition coefficient (Wildman–Crippen LogP) is 4.15. The van der Waals surface area contributed by atoms with E-state index < -0.39 is 23.1 Å². The van der Waals surface area contributed by atoms with Crippen LogP contribution in [0.2, 0.25) is 0 Å². The van der Waals surface area contributed by atoms with Gasteiger partial charge in [-0.25, -0.2) is 9.78 Å². The Labute approximate surface area is 208 Å². The molecular weight excluding hydrogens is 480 g/mol. The van der Waals surface area contributed by atoms with Gasteiger partial charge in [0.2, 0.25) is 5.82 Å². The van der Waals surface area contributed by atoms with Gasteiger partial charge in [-0.15, -0.1) is 0 Å². The summed E-state index contributed by atoms with van der Waals surface area (Å²) in [4.78, 5) is 40.4. The molecule has 0 bridgehead atoms. The number of carbonyl (C=O) groups excluding carboxylic acids is 1. The number of hydrogen-bond acceptors (Lipinski definition) is 9. The van der Waals surface area contributed by atoms with E-state index in [-0.39, 0.29) is 22.8 Å². The number of ether oxygens (including phenoxy) is 2. The second-order valence-corrected chi connectivity index (χ2v) is 7.81. The largest absolute Gasteiger partial charge is 0.481 e. The van der Waals surface area contributed by atoms with Crippen LogP contribution in [0.5, 0.6) is 5.75 Å². The number of furan rings is 1. The minimum Gasteiger partial charge on any atom is -0.481 e. The molecule has 0 aliphatic heterocycles. The standard InChI is InChI=1S/C26H18N4O7/c1-35-24(31)15-36-21-11-10-18(30(33)34)12-17(21)14-27-29-25(23-13-16-6-2-5-9-22(16)37-23)28-20-8-4-3-7-19(20)26(29)32/h2-14H,15H2,1H3. The summed E-state index contributed by atoms with van der Waals surface area (Å²) < 4.78 is 17.0. The summed E-state index contributed by atoms with van der Waals surface area (Å²) in [5.41, 5.74) is 0.515. The first kappa shape index (κ1) is 23.4. The highest BCUT2D eigenvalue weighted by Crippen LogP contribution is 2.27. The fraction of sp³-hybridized carbons (Fsp3) is 0.0769. The fourth-order valence-electron chi connectivity index (χ4n) is 3.68. The molecule has 2 aromatic heterocycles. The zero-order valence-electron chi connectivity index (χ0n) is 19.4. The van der Waals surface area contributed by atoms with Gasteiger partial charge in [0.25, 0.3) is 11.2 Å². The molecule has 0 N–H and O–H groups in total. The van der Waals surface area contributed by atoms with Gasteiger partial charge in [0.15, 0.2) is 12.4 Å². The highest BCUT2D eigenvalue weighted by atomic mass is 16.6. The van der Waals surface area contributed by atoms with Crippen LogP contribution in [0, 0.1) is 10.1 Å². The van der Waals surface area contributed by atoms with Crippen LogP contribution in [0.1, 0.15) is 5.56 Å². The SMILES string of the molecule is COC(=O)COc1ccc([N+](=O)[O-])cc1C=Nn1c(-c2cc3ccccc3o2)nc2ccccc2c1=O. The van der Waals surface area contributed by atoms with Crippen LogP contribution in [0.4, 0.5) is 5.69 Å². The lowest BCUT2D eigenvalue weighted by Crippen LogP contribution is -2.20. The van der Waals surface area contributed by atoms with Gasteiger partial charge in [0, 0.05) is 23.1 Å². The maximum Gasteiger partial charge on any atom is 0.343 e. The molecular formula is C26H18N4O7. The Morgan fingerprint density at radius 2 is 1.92 bits per heavy atom. The number of nitro groups is 1. The smallest absolute Gasteiger partial charge is 0.343 e. The van der Waals surface area contributed by atoms with E-state index in [0.717, 1.165) is 10.1 Å². The van der Waals surface area contributed by atoms with Gasteiger partial charge >= 0.3 is 5.97 Å². The zero-order chi connectivity index (χ0) is 25.9. The summed E-state index contributed by atoms with van der Waals surface area (Å²) >= 11 is 0. The summed E-state index contributed by atoms with van der Waals surface area (Å²) in [6.45, 7) is -0.420. The quantitative estimate of drug-likeness (QED) is 0.141. The summed E-state index contributed by atoms with van der Waals surface area (Å²) in [7, 11) is 1.21. The summed E-state index contributed by atoms with van der Waals surface area (Å²) in [5.74, 6) is -0.0591. The monoisotopic (exact) mass is 498 g/mol. The maximum atomic E-state index is 13.4. The van der Waals surface area contributed by atoms with Crippen molar-refractivity contribution >= 4 is 39.7 Å². The van der Waals surface area contributed by atoms with Crippen LogP contribution >= 0.6 is 0 Å². The van der Waals surface area contributed by atoms with Crippen LogP contribution in [0.3, 0.4) is 0 Å². The number of rotatable bonds is 7. The van der Waals surface area contributed by atoms with Crippen LogP contribution in [0.15, 0.2) is 87.1 Å². The molecule has 184 valence electrons. The minimum absolute atomic E-state index is 0.131. The number of fused-ring (bicyclic) bond motifs is 2. The number of esters is 1. The van der Waals surface area contributed by atoms with E-state index in [9.17, 15) is 19.7 Å². The van der Waals surface area contributed by atoms with Crippen molar-refractivity contribution in [1.82, 2.24) is 9.66 Å². The van der Waals surface area contributed by atoms with E-state index in [1.807, 2.05) is 18.2 Å². The van der Waals surface area contributed by atoms with Gasteiger partial charge in [-0.1, -0.05) is 30.3 Å². The van der Waals surface area contributed by atoms with Crippen molar-refractivity contribution < 1.29 is 23.6 Å². The number of hydrogen-bond donors (Lipinski definition) is 0. The predicted molar refractivity (Wildman–Crippen MR) is 135 cm³/mol. The number of para-hydroxylation sites is 2. The van der Waals surface area contributed by atoms with E-state index in [0.29, 0.717) is 22.2 Å². The lowest BCUT2D eigenvalue weighted by atomic mass is 10.2. The molecule has 0 radical (unpaired) electrons. The van der Waals surface area contributed by atoms with Gasteiger partial charge in [-0.05, 0) is 30.3 Å². The van der Waals surface area contributed by atoms with Crippen molar-refractivity contribution in [2.45, 2.75) is 0 Å². The number of non-ortho nitro benzene ring substituents is 1. The summed E-state index contributed by atoms with van der Waals surface area (Å²) in [5, 5.41) is 16.8. The topological polar surface area (TPSA) is 139 Å². The molecule has 11 nitrogen and oxygen atoms in total. The van der Waals surface area contributed by atoms with Crippen molar-refractivity contribution in [2.24, 2.45) is 5.10 Å². The Balaban J connectivity index is 1.66. The number of nitrogens with zero attached hydrogens (tertiary/aromatic N) is 4. The number of nitro benzene ring substituents is 1. The van der Waals surface area contributed by atoms with Gasteiger partial charge in [-0.2, -0.15) is 9.78 Å². The van der Waals surface area contributed by atoms with Crippen LogP contribution in [-0.4, -0.2) is 40.5 Å². The van der Waals surface area contributed by atoms with Crippen molar-refractivity contribution in [3.63, 3.8) is 0 Å². The van der Waals surface area contributed by atoms with Gasteiger partial charge in [0.05, 0.1) is 29.2 Å². The Hall–Kier alpha value is -5.32. The number of methoxy groups -OCH3 is 1. The molecule has 0 aliphatic carbocycles. The maximum absolute atomic E-state index is 13.4. The highest BCUT2D eigenvalue weighted by Gasteiger charge is 2.17. The van der Waals surface area contributed by atoms with Gasteiger partial charge in [-0.3, -0.25) is 14.9 Å². The minimum atomic E-state index is -0.636.